The number of aliphatic hydroxyl groups excluding tert-OH is 1. The Labute approximate surface area is 113 Å². The van der Waals surface area contributed by atoms with Gasteiger partial charge in [0.05, 0.1) is 11.5 Å². The maximum atomic E-state index is 13.6. The van der Waals surface area contributed by atoms with Gasteiger partial charge in [0.15, 0.2) is 0 Å². The van der Waals surface area contributed by atoms with Crippen LogP contribution in [0.4, 0.5) is 4.39 Å². The van der Waals surface area contributed by atoms with Crippen LogP contribution in [0.2, 0.25) is 0 Å². The fraction of sp³-hybridized carbons (Fsp3) is 0.538. The van der Waals surface area contributed by atoms with E-state index in [1.165, 1.54) is 13.0 Å². The molecular weight excluding hydrogens is 269 g/mol. The summed E-state index contributed by atoms with van der Waals surface area (Å²) < 4.78 is 40.5. The normalized spacial score (nSPS) is 13.8. The fourth-order valence-electron chi connectivity index (χ4n) is 1.53. The van der Waals surface area contributed by atoms with E-state index in [0.29, 0.717) is 0 Å². The lowest BCUT2D eigenvalue weighted by atomic mass is 10.1. The maximum Gasteiger partial charge on any atom is 0.240 e. The van der Waals surface area contributed by atoms with Crippen LogP contribution in [0.5, 0.6) is 0 Å². The zero-order valence-electron chi connectivity index (χ0n) is 11.6. The van der Waals surface area contributed by atoms with Crippen LogP contribution in [0.1, 0.15) is 31.9 Å². The minimum Gasteiger partial charge on any atom is -0.392 e. The van der Waals surface area contributed by atoms with E-state index in [9.17, 15) is 12.8 Å². The summed E-state index contributed by atoms with van der Waals surface area (Å²) in [6.45, 7) is 6.52. The van der Waals surface area contributed by atoms with Gasteiger partial charge in [-0.25, -0.2) is 17.5 Å². The van der Waals surface area contributed by atoms with Crippen LogP contribution < -0.4 is 4.72 Å². The Bertz CT molecular complexity index is 555. The highest BCUT2D eigenvalue weighted by atomic mass is 32.2. The topological polar surface area (TPSA) is 66.4 Å². The average Bonchev–Trinajstić information content (AvgIpc) is 2.31. The third-order valence-corrected chi connectivity index (χ3v) is 4.66. The molecule has 1 aromatic carbocycles. The molecule has 6 heteroatoms. The number of halogens is 1. The van der Waals surface area contributed by atoms with E-state index in [1.54, 1.807) is 6.92 Å². The van der Waals surface area contributed by atoms with Crippen LogP contribution in [-0.4, -0.2) is 19.6 Å². The molecule has 0 spiro atoms. The van der Waals surface area contributed by atoms with Crippen molar-refractivity contribution in [3.63, 3.8) is 0 Å². The first kappa shape index (κ1) is 16.1. The molecule has 0 aliphatic carbocycles. The fourth-order valence-corrected chi connectivity index (χ4v) is 3.05. The lowest BCUT2D eigenvalue weighted by Crippen LogP contribution is -2.36. The first-order chi connectivity index (χ1) is 8.69. The molecule has 4 nitrogen and oxygen atoms in total. The Morgan fingerprint density at radius 2 is 1.89 bits per heavy atom. The van der Waals surface area contributed by atoms with Gasteiger partial charge in [-0.05, 0) is 37.5 Å². The molecule has 108 valence electrons. The van der Waals surface area contributed by atoms with Crippen LogP contribution in [0.3, 0.4) is 0 Å². The SMILES string of the molecule is Cc1cc(S(=O)(=O)NC(C)C(C)C)cc(CO)c1F. The predicted octanol–water partition coefficient (Wildman–Crippen LogP) is 1.95. The summed E-state index contributed by atoms with van der Waals surface area (Å²) in [7, 11) is -3.70. The number of rotatable bonds is 5. The zero-order chi connectivity index (χ0) is 14.8. The quantitative estimate of drug-likeness (QED) is 0.870. The monoisotopic (exact) mass is 289 g/mol. The van der Waals surface area contributed by atoms with Gasteiger partial charge in [-0.15, -0.1) is 0 Å². The van der Waals surface area contributed by atoms with Crippen LogP contribution in [0.25, 0.3) is 0 Å². The first-order valence-corrected chi connectivity index (χ1v) is 7.59. The van der Waals surface area contributed by atoms with Crippen molar-refractivity contribution in [2.75, 3.05) is 0 Å². The number of hydrogen-bond donors (Lipinski definition) is 2. The molecular formula is C13H20FNO3S. The van der Waals surface area contributed by atoms with Crippen molar-refractivity contribution in [1.29, 1.82) is 0 Å². The molecule has 0 aliphatic heterocycles. The Hall–Kier alpha value is -0.980. The highest BCUT2D eigenvalue weighted by Gasteiger charge is 2.21. The molecule has 0 saturated heterocycles. The first-order valence-electron chi connectivity index (χ1n) is 6.11. The van der Waals surface area contributed by atoms with Gasteiger partial charge in [0.25, 0.3) is 0 Å². The Morgan fingerprint density at radius 3 is 2.37 bits per heavy atom. The van der Waals surface area contributed by atoms with Crippen molar-refractivity contribution in [3.8, 4) is 0 Å². The second-order valence-electron chi connectivity index (χ2n) is 5.03. The minimum absolute atomic E-state index is 0.0161. The lowest BCUT2D eigenvalue weighted by molar-refractivity contribution is 0.275. The zero-order valence-corrected chi connectivity index (χ0v) is 12.4. The third kappa shape index (κ3) is 3.75. The summed E-state index contributed by atoms with van der Waals surface area (Å²) in [4.78, 5) is -0.0250. The van der Waals surface area contributed by atoms with Crippen molar-refractivity contribution in [2.24, 2.45) is 5.92 Å². The second-order valence-corrected chi connectivity index (χ2v) is 6.74. The van der Waals surface area contributed by atoms with E-state index in [1.807, 2.05) is 13.8 Å². The molecule has 19 heavy (non-hydrogen) atoms. The standard InChI is InChI=1S/C13H20FNO3S/c1-8(2)10(4)15-19(17,18)12-5-9(3)13(14)11(6-12)7-16/h5-6,8,10,15-16H,7H2,1-4H3. The Balaban J connectivity index is 3.19. The van der Waals surface area contributed by atoms with Gasteiger partial charge < -0.3 is 5.11 Å². The van der Waals surface area contributed by atoms with E-state index in [-0.39, 0.29) is 28.0 Å². The van der Waals surface area contributed by atoms with Gasteiger partial charge in [-0.1, -0.05) is 13.8 Å². The summed E-state index contributed by atoms with van der Waals surface area (Å²) >= 11 is 0. The molecule has 0 amide bonds. The summed E-state index contributed by atoms with van der Waals surface area (Å²) in [5.41, 5.74) is 0.182. The molecule has 0 aromatic heterocycles. The second kappa shape index (κ2) is 5.98. The van der Waals surface area contributed by atoms with Gasteiger partial charge >= 0.3 is 0 Å². The largest absolute Gasteiger partial charge is 0.392 e. The molecule has 1 aromatic rings. The minimum atomic E-state index is -3.70. The lowest BCUT2D eigenvalue weighted by Gasteiger charge is -2.18. The highest BCUT2D eigenvalue weighted by molar-refractivity contribution is 7.89. The van der Waals surface area contributed by atoms with Crippen molar-refractivity contribution in [1.82, 2.24) is 4.72 Å². The number of nitrogens with one attached hydrogen (secondary N) is 1. The number of sulfonamides is 1. The highest BCUT2D eigenvalue weighted by Crippen LogP contribution is 2.20. The molecule has 0 radical (unpaired) electrons. The maximum absolute atomic E-state index is 13.6. The third-order valence-electron chi connectivity index (χ3n) is 3.13. The summed E-state index contributed by atoms with van der Waals surface area (Å²) in [6.07, 6.45) is 0. The molecule has 0 fully saturated rings. The molecule has 0 aliphatic rings. The van der Waals surface area contributed by atoms with Crippen LogP contribution in [-0.2, 0) is 16.6 Å². The Kier molecular flexibility index (Phi) is 5.06. The molecule has 1 unspecified atom stereocenters. The van der Waals surface area contributed by atoms with Gasteiger partial charge in [0, 0.05) is 11.6 Å². The predicted molar refractivity (Wildman–Crippen MR) is 71.7 cm³/mol. The van der Waals surface area contributed by atoms with Crippen molar-refractivity contribution in [3.05, 3.63) is 29.1 Å². The van der Waals surface area contributed by atoms with E-state index < -0.39 is 22.4 Å². The molecule has 1 atom stereocenters. The van der Waals surface area contributed by atoms with Gasteiger partial charge in [0.1, 0.15) is 5.82 Å². The van der Waals surface area contributed by atoms with Crippen LogP contribution in [0.15, 0.2) is 17.0 Å². The summed E-state index contributed by atoms with van der Waals surface area (Å²) in [5, 5.41) is 9.05. The van der Waals surface area contributed by atoms with Gasteiger partial charge in [-0.3, -0.25) is 0 Å². The number of aryl methyl sites for hydroxylation is 1. The molecule has 0 bridgehead atoms. The summed E-state index contributed by atoms with van der Waals surface area (Å²) in [6, 6.07) is 2.20. The number of hydrogen-bond acceptors (Lipinski definition) is 3. The molecule has 0 heterocycles. The molecule has 0 saturated carbocycles. The average molecular weight is 289 g/mol. The number of benzene rings is 1. The van der Waals surface area contributed by atoms with Crippen molar-refractivity contribution >= 4 is 10.0 Å². The van der Waals surface area contributed by atoms with Gasteiger partial charge in [-0.2, -0.15) is 0 Å². The smallest absolute Gasteiger partial charge is 0.240 e. The number of aliphatic hydroxyl groups is 1. The van der Waals surface area contributed by atoms with Gasteiger partial charge in [0.2, 0.25) is 10.0 Å². The van der Waals surface area contributed by atoms with Crippen LogP contribution >= 0.6 is 0 Å². The van der Waals surface area contributed by atoms with E-state index in [2.05, 4.69) is 4.72 Å². The Morgan fingerprint density at radius 1 is 1.32 bits per heavy atom. The van der Waals surface area contributed by atoms with Crippen LogP contribution in [0, 0.1) is 18.7 Å². The van der Waals surface area contributed by atoms with Crippen molar-refractivity contribution in [2.45, 2.75) is 45.2 Å². The molecule has 1 rings (SSSR count). The van der Waals surface area contributed by atoms with Crippen molar-refractivity contribution < 1.29 is 17.9 Å². The van der Waals surface area contributed by atoms with E-state index in [0.717, 1.165) is 6.07 Å². The molecule has 2 N–H and O–H groups in total. The van der Waals surface area contributed by atoms with E-state index in [4.69, 9.17) is 5.11 Å². The summed E-state index contributed by atoms with van der Waals surface area (Å²) in [5.74, 6) is -0.424. The van der Waals surface area contributed by atoms with E-state index >= 15 is 0 Å².